The molecule has 0 aliphatic carbocycles. The first-order valence-corrected chi connectivity index (χ1v) is 10.8. The average Bonchev–Trinajstić information content (AvgIpc) is 3.26. The monoisotopic (exact) mass is 440 g/mol. The molecule has 1 saturated heterocycles. The molecule has 7 heteroatoms. The van der Waals surface area contributed by atoms with E-state index in [1.165, 1.54) is 0 Å². The fraction of sp³-hybridized carbons (Fsp3) is 0.440. The average molecular weight is 441 g/mol. The molecule has 0 saturated carbocycles. The van der Waals surface area contributed by atoms with Crippen molar-refractivity contribution in [3.63, 3.8) is 0 Å². The predicted molar refractivity (Wildman–Crippen MR) is 122 cm³/mol. The van der Waals surface area contributed by atoms with Crippen LogP contribution in [0.3, 0.4) is 0 Å². The third-order valence-corrected chi connectivity index (χ3v) is 5.98. The van der Waals surface area contributed by atoms with Crippen LogP contribution in [0.25, 0.3) is 0 Å². The number of aryl methyl sites for hydroxylation is 1. The van der Waals surface area contributed by atoms with Crippen molar-refractivity contribution >= 4 is 11.8 Å². The van der Waals surface area contributed by atoms with Gasteiger partial charge in [0.15, 0.2) is 0 Å². The van der Waals surface area contributed by atoms with Gasteiger partial charge in [0.1, 0.15) is 11.5 Å². The minimum atomic E-state index is -0.382. The zero-order chi connectivity index (χ0) is 23.1. The molecule has 0 bridgehead atoms. The maximum atomic E-state index is 13.3. The molecule has 2 aromatic carbocycles. The van der Waals surface area contributed by atoms with Crippen molar-refractivity contribution in [2.75, 3.05) is 47.6 Å². The van der Waals surface area contributed by atoms with E-state index in [4.69, 9.17) is 14.2 Å². The topological polar surface area (TPSA) is 77.1 Å². The molecule has 2 amide bonds. The van der Waals surface area contributed by atoms with Gasteiger partial charge in [0, 0.05) is 56.5 Å². The Hall–Kier alpha value is -3.06. The van der Waals surface area contributed by atoms with Crippen molar-refractivity contribution in [2.24, 2.45) is 5.92 Å². The van der Waals surface area contributed by atoms with Crippen LogP contribution in [0.1, 0.15) is 33.8 Å². The Bertz CT molecular complexity index is 946. The third kappa shape index (κ3) is 5.22. The molecule has 172 valence electrons. The molecule has 1 aliphatic rings. The molecule has 0 radical (unpaired) electrons. The predicted octanol–water partition coefficient (Wildman–Crippen LogP) is 3.02. The van der Waals surface area contributed by atoms with E-state index in [9.17, 15) is 9.59 Å². The highest BCUT2D eigenvalue weighted by molar-refractivity contribution is 5.96. The number of rotatable bonds is 9. The van der Waals surface area contributed by atoms with E-state index in [0.717, 1.165) is 17.5 Å². The number of nitrogens with zero attached hydrogens (tertiary/aromatic N) is 1. The number of ether oxygens (including phenoxy) is 3. The molecule has 3 rings (SSSR count). The molecule has 1 N–H and O–H groups in total. The molecule has 7 nitrogen and oxygen atoms in total. The Morgan fingerprint density at radius 2 is 1.84 bits per heavy atom. The summed E-state index contributed by atoms with van der Waals surface area (Å²) in [5.41, 5.74) is 2.48. The summed E-state index contributed by atoms with van der Waals surface area (Å²) >= 11 is 0. The van der Waals surface area contributed by atoms with E-state index in [1.807, 2.05) is 49.4 Å². The number of hydrogen-bond donors (Lipinski definition) is 1. The number of carbonyl (C=O) groups excluding carboxylic acids is 2. The first kappa shape index (κ1) is 23.6. The highest BCUT2D eigenvalue weighted by Crippen LogP contribution is 2.39. The van der Waals surface area contributed by atoms with Gasteiger partial charge in [-0.1, -0.05) is 24.3 Å². The fourth-order valence-corrected chi connectivity index (χ4v) is 4.22. The zero-order valence-electron chi connectivity index (χ0n) is 19.2. The molecular formula is C25H32N2O5. The van der Waals surface area contributed by atoms with Gasteiger partial charge < -0.3 is 24.4 Å². The van der Waals surface area contributed by atoms with Crippen LogP contribution in [0.15, 0.2) is 42.5 Å². The highest BCUT2D eigenvalue weighted by Gasteiger charge is 2.41. The van der Waals surface area contributed by atoms with Crippen LogP contribution >= 0.6 is 0 Å². The van der Waals surface area contributed by atoms with Crippen molar-refractivity contribution in [3.8, 4) is 11.5 Å². The smallest absolute Gasteiger partial charge is 0.254 e. The highest BCUT2D eigenvalue weighted by atomic mass is 16.5. The van der Waals surface area contributed by atoms with Crippen LogP contribution in [-0.4, -0.2) is 64.3 Å². The van der Waals surface area contributed by atoms with Crippen molar-refractivity contribution in [2.45, 2.75) is 19.3 Å². The van der Waals surface area contributed by atoms with E-state index < -0.39 is 0 Å². The molecule has 1 heterocycles. The molecule has 1 fully saturated rings. The number of methoxy groups -OCH3 is 3. The van der Waals surface area contributed by atoms with Gasteiger partial charge in [-0.25, -0.2) is 0 Å². The molecule has 0 spiro atoms. The maximum absolute atomic E-state index is 13.3. The summed E-state index contributed by atoms with van der Waals surface area (Å²) in [4.78, 5) is 28.2. The first-order chi connectivity index (χ1) is 15.5. The number of amides is 2. The third-order valence-electron chi connectivity index (χ3n) is 5.98. The normalized spacial score (nSPS) is 17.8. The van der Waals surface area contributed by atoms with E-state index in [0.29, 0.717) is 43.3 Å². The molecule has 2 aromatic rings. The summed E-state index contributed by atoms with van der Waals surface area (Å²) in [7, 11) is 4.84. The van der Waals surface area contributed by atoms with Crippen LogP contribution < -0.4 is 14.8 Å². The number of hydrogen-bond acceptors (Lipinski definition) is 5. The second-order valence-corrected chi connectivity index (χ2v) is 7.98. The van der Waals surface area contributed by atoms with Crippen LogP contribution in [0, 0.1) is 12.8 Å². The Kier molecular flexibility index (Phi) is 8.11. The minimum Gasteiger partial charge on any atom is -0.497 e. The molecule has 0 aromatic heterocycles. The minimum absolute atomic E-state index is 0.0599. The van der Waals surface area contributed by atoms with Gasteiger partial charge in [-0.15, -0.1) is 0 Å². The summed E-state index contributed by atoms with van der Waals surface area (Å²) in [6, 6.07) is 13.1. The lowest BCUT2D eigenvalue weighted by Crippen LogP contribution is -2.36. The SMILES string of the molecule is COCCCNC(=O)[C@@H]1CN(C(=O)c2ccccc2C)C[C@@H]1c1ccc(OC)cc1OC. The standard InChI is InChI=1S/C25H32N2O5/c1-17-8-5-6-9-19(17)25(29)27-15-21(20-11-10-18(31-3)14-23(20)32-4)22(16-27)24(28)26-12-7-13-30-2/h5-6,8-11,14,21-22H,7,12-13,15-16H2,1-4H3,(H,26,28)/t21-,22-/m1/s1. The second-order valence-electron chi connectivity index (χ2n) is 7.98. The summed E-state index contributed by atoms with van der Waals surface area (Å²) < 4.78 is 16.0. The lowest BCUT2D eigenvalue weighted by molar-refractivity contribution is -0.124. The lowest BCUT2D eigenvalue weighted by atomic mass is 9.87. The fourth-order valence-electron chi connectivity index (χ4n) is 4.22. The van der Waals surface area contributed by atoms with Gasteiger partial charge in [-0.2, -0.15) is 0 Å². The molecule has 2 atom stereocenters. The second kappa shape index (κ2) is 11.0. The van der Waals surface area contributed by atoms with Gasteiger partial charge in [-0.3, -0.25) is 9.59 Å². The lowest BCUT2D eigenvalue weighted by Gasteiger charge is -2.21. The molecule has 0 unspecified atom stereocenters. The van der Waals surface area contributed by atoms with Crippen LogP contribution in [0.2, 0.25) is 0 Å². The summed E-state index contributed by atoms with van der Waals surface area (Å²) in [5, 5.41) is 3.01. The van der Waals surface area contributed by atoms with E-state index in [1.54, 1.807) is 26.2 Å². The quantitative estimate of drug-likeness (QED) is 0.607. The molecular weight excluding hydrogens is 408 g/mol. The number of benzene rings is 2. The Morgan fingerprint density at radius 1 is 1.06 bits per heavy atom. The van der Waals surface area contributed by atoms with Gasteiger partial charge in [0.2, 0.25) is 5.91 Å². The first-order valence-electron chi connectivity index (χ1n) is 10.8. The summed E-state index contributed by atoms with van der Waals surface area (Å²) in [6.45, 7) is 3.82. The van der Waals surface area contributed by atoms with Crippen molar-refractivity contribution in [1.82, 2.24) is 10.2 Å². The van der Waals surface area contributed by atoms with Crippen LogP contribution in [-0.2, 0) is 9.53 Å². The zero-order valence-corrected chi connectivity index (χ0v) is 19.2. The Morgan fingerprint density at radius 3 is 2.53 bits per heavy atom. The van der Waals surface area contributed by atoms with E-state index in [-0.39, 0.29) is 23.7 Å². The number of carbonyl (C=O) groups is 2. The van der Waals surface area contributed by atoms with E-state index >= 15 is 0 Å². The van der Waals surface area contributed by atoms with Crippen LogP contribution in [0.4, 0.5) is 0 Å². The summed E-state index contributed by atoms with van der Waals surface area (Å²) in [6.07, 6.45) is 0.733. The van der Waals surface area contributed by atoms with Gasteiger partial charge in [-0.05, 0) is 31.0 Å². The van der Waals surface area contributed by atoms with Crippen LogP contribution in [0.5, 0.6) is 11.5 Å². The summed E-state index contributed by atoms with van der Waals surface area (Å²) in [5.74, 6) is 0.632. The largest absolute Gasteiger partial charge is 0.497 e. The van der Waals surface area contributed by atoms with E-state index in [2.05, 4.69) is 5.32 Å². The molecule has 1 aliphatic heterocycles. The van der Waals surface area contributed by atoms with Gasteiger partial charge in [0.05, 0.1) is 20.1 Å². The Balaban J connectivity index is 1.88. The van der Waals surface area contributed by atoms with Crippen molar-refractivity contribution in [3.05, 3.63) is 59.2 Å². The number of likely N-dealkylation sites (tertiary alicyclic amines) is 1. The van der Waals surface area contributed by atoms with Gasteiger partial charge >= 0.3 is 0 Å². The molecule has 32 heavy (non-hydrogen) atoms. The van der Waals surface area contributed by atoms with Crippen molar-refractivity contribution < 1.29 is 23.8 Å². The van der Waals surface area contributed by atoms with Gasteiger partial charge in [0.25, 0.3) is 5.91 Å². The maximum Gasteiger partial charge on any atom is 0.254 e. The van der Waals surface area contributed by atoms with Crippen molar-refractivity contribution in [1.29, 1.82) is 0 Å². The Labute approximate surface area is 189 Å². The number of nitrogens with one attached hydrogen (secondary N) is 1.